The molecule has 0 aromatic heterocycles. The van der Waals surface area contributed by atoms with Crippen molar-refractivity contribution in [2.45, 2.75) is 6.18 Å². The van der Waals surface area contributed by atoms with Crippen LogP contribution in [0.3, 0.4) is 0 Å². The van der Waals surface area contributed by atoms with Crippen molar-refractivity contribution in [3.63, 3.8) is 0 Å². The Labute approximate surface area is 88.9 Å². The van der Waals surface area contributed by atoms with Crippen molar-refractivity contribution < 1.29 is 13.2 Å². The third kappa shape index (κ3) is 1.66. The first kappa shape index (κ1) is 10.7. The maximum atomic E-state index is 12.7. The van der Waals surface area contributed by atoms with Crippen LogP contribution >= 0.6 is 0 Å². The molecule has 0 fully saturated rings. The number of imidazole rings is 1. The van der Waals surface area contributed by atoms with Gasteiger partial charge in [0.25, 0.3) is 0 Å². The van der Waals surface area contributed by atoms with Gasteiger partial charge in [0.05, 0.1) is 6.20 Å². The summed E-state index contributed by atoms with van der Waals surface area (Å²) in [5, 5.41) is 1.27. The Morgan fingerprint density at radius 1 is 1.25 bits per heavy atom. The van der Waals surface area contributed by atoms with Crippen molar-refractivity contribution in [3.05, 3.63) is 18.3 Å². The van der Waals surface area contributed by atoms with E-state index in [-0.39, 0.29) is 5.82 Å². The van der Waals surface area contributed by atoms with Crippen LogP contribution in [-0.4, -0.2) is 33.7 Å². The Morgan fingerprint density at radius 3 is 2.50 bits per heavy atom. The van der Waals surface area contributed by atoms with Crippen molar-refractivity contribution in [3.8, 4) is 11.5 Å². The van der Waals surface area contributed by atoms with Crippen LogP contribution in [0.4, 0.5) is 13.2 Å². The van der Waals surface area contributed by atoms with Crippen LogP contribution in [0.15, 0.2) is 12.5 Å². The first-order valence-corrected chi connectivity index (χ1v) is 4.34. The van der Waals surface area contributed by atoms with Crippen LogP contribution in [-0.2, 0) is 6.18 Å². The second-order valence-electron chi connectivity index (χ2n) is 3.34. The normalized spacial score (nSPS) is 12.1. The van der Waals surface area contributed by atoms with E-state index in [1.165, 1.54) is 31.6 Å². The molecule has 0 aromatic carbocycles. The Bertz CT molecular complexity index is 475. The van der Waals surface area contributed by atoms with Crippen molar-refractivity contribution in [2.24, 2.45) is 0 Å². The van der Waals surface area contributed by atoms with E-state index >= 15 is 0 Å². The summed E-state index contributed by atoms with van der Waals surface area (Å²) in [6, 6.07) is 0. The Balaban J connectivity index is 2.70. The minimum absolute atomic E-state index is 0.00887. The topological polar surface area (TPSA) is 46.8 Å². The number of fused-ring (bicyclic) bond motifs is 1. The van der Waals surface area contributed by atoms with Crippen molar-refractivity contribution in [1.29, 1.82) is 0 Å². The maximum absolute atomic E-state index is 12.7. The summed E-state index contributed by atoms with van der Waals surface area (Å²) < 4.78 is 38.9. The van der Waals surface area contributed by atoms with Gasteiger partial charge < -0.3 is 5.01 Å². The molecule has 0 amide bonds. The van der Waals surface area contributed by atoms with E-state index in [4.69, 9.17) is 0 Å². The van der Waals surface area contributed by atoms with Crippen LogP contribution in [0.1, 0.15) is 5.82 Å². The fourth-order valence-electron chi connectivity index (χ4n) is 1.27. The molecule has 0 aliphatic carbocycles. The van der Waals surface area contributed by atoms with Gasteiger partial charge in [-0.1, -0.05) is 0 Å². The molecule has 5 nitrogen and oxygen atoms in total. The Kier molecular flexibility index (Phi) is 2.21. The fraction of sp³-hybridized carbons (Fsp3) is 0.375. The van der Waals surface area contributed by atoms with E-state index in [9.17, 15) is 13.2 Å². The second kappa shape index (κ2) is 3.32. The zero-order chi connectivity index (χ0) is 11.9. The molecule has 86 valence electrons. The summed E-state index contributed by atoms with van der Waals surface area (Å²) in [6.45, 7) is 0. The van der Waals surface area contributed by atoms with E-state index in [2.05, 4.69) is 15.0 Å². The van der Waals surface area contributed by atoms with Crippen molar-refractivity contribution in [2.75, 3.05) is 19.1 Å². The first-order chi connectivity index (χ1) is 7.39. The van der Waals surface area contributed by atoms with Crippen LogP contribution in [0.5, 0.6) is 0 Å². The average Bonchev–Trinajstić information content (AvgIpc) is 2.60. The largest absolute Gasteiger partial charge is 0.451 e. The van der Waals surface area contributed by atoms with E-state index in [1.807, 2.05) is 0 Å². The SMILES string of the molecule is CN(C)n1cc2ncnc-2nc1C(F)(F)F. The van der Waals surface area contributed by atoms with Gasteiger partial charge in [0.1, 0.15) is 12.0 Å². The molecule has 2 rings (SSSR count). The van der Waals surface area contributed by atoms with Gasteiger partial charge in [-0.05, 0) is 0 Å². The first-order valence-electron chi connectivity index (χ1n) is 4.34. The molecule has 0 saturated carbocycles. The Hall–Kier alpha value is -1.86. The molecule has 0 aromatic rings. The number of alkyl halides is 3. The molecule has 2 aliphatic rings. The summed E-state index contributed by atoms with van der Waals surface area (Å²) in [5.74, 6) is -1.03. The average molecular weight is 231 g/mol. The lowest BCUT2D eigenvalue weighted by molar-refractivity contribution is -0.147. The van der Waals surface area contributed by atoms with Gasteiger partial charge in [-0.3, -0.25) is 0 Å². The maximum Gasteiger partial charge on any atom is 0.451 e. The van der Waals surface area contributed by atoms with Gasteiger partial charge in [0.15, 0.2) is 5.82 Å². The monoisotopic (exact) mass is 231 g/mol. The molecule has 0 saturated heterocycles. The van der Waals surface area contributed by atoms with Gasteiger partial charge in [0, 0.05) is 14.1 Å². The van der Waals surface area contributed by atoms with E-state index in [0.717, 1.165) is 4.68 Å². The zero-order valence-corrected chi connectivity index (χ0v) is 8.52. The highest BCUT2D eigenvalue weighted by atomic mass is 19.4. The van der Waals surface area contributed by atoms with Crippen molar-refractivity contribution in [1.82, 2.24) is 19.6 Å². The molecule has 8 heteroatoms. The van der Waals surface area contributed by atoms with Gasteiger partial charge in [-0.15, -0.1) is 0 Å². The van der Waals surface area contributed by atoms with E-state index in [0.29, 0.717) is 5.69 Å². The molecule has 0 atom stereocenters. The number of halogens is 3. The number of nitrogens with zero attached hydrogens (tertiary/aromatic N) is 5. The van der Waals surface area contributed by atoms with Crippen LogP contribution in [0, 0.1) is 0 Å². The van der Waals surface area contributed by atoms with Gasteiger partial charge in [-0.2, -0.15) is 13.2 Å². The summed E-state index contributed by atoms with van der Waals surface area (Å²) in [6.07, 6.45) is -2.10. The highest BCUT2D eigenvalue weighted by Crippen LogP contribution is 2.29. The van der Waals surface area contributed by atoms with Gasteiger partial charge in [-0.25, -0.2) is 19.6 Å². The summed E-state index contributed by atoms with van der Waals surface area (Å²) in [7, 11) is 2.97. The molecule has 0 radical (unpaired) electrons. The highest BCUT2D eigenvalue weighted by molar-refractivity contribution is 5.49. The van der Waals surface area contributed by atoms with Crippen LogP contribution < -0.4 is 5.01 Å². The highest BCUT2D eigenvalue weighted by Gasteiger charge is 2.38. The van der Waals surface area contributed by atoms with Crippen LogP contribution in [0.25, 0.3) is 11.5 Å². The predicted octanol–water partition coefficient (Wildman–Crippen LogP) is 0.994. The molecular formula is C8H8F3N5. The fourth-order valence-corrected chi connectivity index (χ4v) is 1.27. The van der Waals surface area contributed by atoms with Crippen molar-refractivity contribution >= 4 is 0 Å². The molecule has 0 bridgehead atoms. The molecule has 0 spiro atoms. The van der Waals surface area contributed by atoms with Gasteiger partial charge >= 0.3 is 6.18 Å². The lowest BCUT2D eigenvalue weighted by Gasteiger charge is -2.22. The third-order valence-electron chi connectivity index (χ3n) is 1.96. The minimum atomic E-state index is -4.53. The van der Waals surface area contributed by atoms with E-state index in [1.54, 1.807) is 0 Å². The smallest absolute Gasteiger partial charge is 0.317 e. The quantitative estimate of drug-likeness (QED) is 0.734. The van der Waals surface area contributed by atoms with Crippen LogP contribution in [0.2, 0.25) is 0 Å². The molecule has 0 N–H and O–H groups in total. The number of rotatable bonds is 1. The summed E-state index contributed by atoms with van der Waals surface area (Å²) in [4.78, 5) is 10.9. The van der Waals surface area contributed by atoms with Gasteiger partial charge in [0.2, 0.25) is 5.82 Å². The molecule has 2 heterocycles. The predicted molar refractivity (Wildman–Crippen MR) is 49.5 cm³/mol. The standard InChI is InChI=1S/C8H8F3N5/c1-15(2)16-3-5-6(13-4-12-5)14-7(16)8(9,10)11/h3-4H,1-2H3. The minimum Gasteiger partial charge on any atom is -0.317 e. The molecule has 16 heavy (non-hydrogen) atoms. The third-order valence-corrected chi connectivity index (χ3v) is 1.96. The number of hydrogen-bond donors (Lipinski definition) is 0. The zero-order valence-electron chi connectivity index (χ0n) is 8.52. The lowest BCUT2D eigenvalue weighted by Crippen LogP contribution is -2.32. The molecule has 0 unspecified atom stereocenters. The number of aromatic nitrogens is 4. The number of hydrogen-bond acceptors (Lipinski definition) is 4. The Morgan fingerprint density at radius 2 is 1.94 bits per heavy atom. The second-order valence-corrected chi connectivity index (χ2v) is 3.34. The summed E-state index contributed by atoms with van der Waals surface area (Å²) >= 11 is 0. The lowest BCUT2D eigenvalue weighted by atomic mass is 10.4. The summed E-state index contributed by atoms with van der Waals surface area (Å²) in [5.41, 5.74) is 0.321. The molecular weight excluding hydrogens is 223 g/mol. The molecule has 2 aliphatic heterocycles. The van der Waals surface area contributed by atoms with E-state index < -0.39 is 12.0 Å².